The highest BCUT2D eigenvalue weighted by Crippen LogP contribution is 2.31. The number of benzene rings is 2. The largest absolute Gasteiger partial charge is 0.395 e. The van der Waals surface area contributed by atoms with Crippen LogP contribution in [0.2, 0.25) is 0 Å². The summed E-state index contributed by atoms with van der Waals surface area (Å²) in [6.07, 6.45) is 2.97. The Hall–Kier alpha value is -2.22. The van der Waals surface area contributed by atoms with Crippen molar-refractivity contribution in [3.63, 3.8) is 0 Å². The number of hydrogen-bond acceptors (Lipinski definition) is 4. The van der Waals surface area contributed by atoms with Gasteiger partial charge in [0.05, 0.1) is 16.4 Å². The lowest BCUT2D eigenvalue weighted by Crippen LogP contribution is -2.19. The zero-order valence-electron chi connectivity index (χ0n) is 14.2. The third-order valence-electron chi connectivity index (χ3n) is 4.24. The average Bonchev–Trinajstić information content (AvgIpc) is 3.07. The quantitative estimate of drug-likeness (QED) is 0.528. The fourth-order valence-corrected chi connectivity index (χ4v) is 4.52. The monoisotopic (exact) mass is 376 g/mol. The minimum Gasteiger partial charge on any atom is -0.395 e. The summed E-state index contributed by atoms with van der Waals surface area (Å²) in [5.74, 6) is -0.582. The molecule has 3 rings (SSSR count). The first kappa shape index (κ1) is 18.6. The Labute approximate surface area is 151 Å². The number of aromatic nitrogens is 1. The molecule has 138 valence electrons. The van der Waals surface area contributed by atoms with Gasteiger partial charge < -0.3 is 15.4 Å². The fraction of sp³-hybridized carbons (Fsp3) is 0.263. The molecule has 0 unspecified atom stereocenters. The van der Waals surface area contributed by atoms with Gasteiger partial charge in [-0.2, -0.15) is 0 Å². The molecule has 0 saturated heterocycles. The third kappa shape index (κ3) is 3.80. The van der Waals surface area contributed by atoms with E-state index in [2.05, 4.69) is 10.3 Å². The molecular weight excluding hydrogens is 355 g/mol. The van der Waals surface area contributed by atoms with E-state index in [1.165, 1.54) is 24.4 Å². The molecule has 0 radical (unpaired) electrons. The minimum atomic E-state index is -3.83. The van der Waals surface area contributed by atoms with E-state index >= 15 is 0 Å². The number of aryl methyl sites for hydroxylation is 1. The Balaban J connectivity index is 1.96. The number of fused-ring (bicyclic) bond motifs is 1. The molecule has 0 aliphatic rings. The van der Waals surface area contributed by atoms with Crippen LogP contribution in [0, 0.1) is 5.82 Å². The first-order valence-electron chi connectivity index (χ1n) is 8.45. The van der Waals surface area contributed by atoms with Crippen molar-refractivity contribution in [3.05, 3.63) is 60.0 Å². The molecule has 26 heavy (non-hydrogen) atoms. The maximum Gasteiger partial charge on any atom is 0.208 e. The molecule has 0 saturated carbocycles. The lowest BCUT2D eigenvalue weighted by Gasteiger charge is -2.08. The zero-order chi connectivity index (χ0) is 18.6. The predicted molar refractivity (Wildman–Crippen MR) is 98.4 cm³/mol. The van der Waals surface area contributed by atoms with Crippen molar-refractivity contribution in [2.24, 2.45) is 0 Å². The summed E-state index contributed by atoms with van der Waals surface area (Å²) >= 11 is 0. The molecule has 3 N–H and O–H groups in total. The summed E-state index contributed by atoms with van der Waals surface area (Å²) in [6.45, 7) is 1.35. The van der Waals surface area contributed by atoms with Crippen LogP contribution in [0.4, 0.5) is 4.39 Å². The Morgan fingerprint density at radius 1 is 1.12 bits per heavy atom. The number of halogens is 1. The molecule has 0 bridgehead atoms. The summed E-state index contributed by atoms with van der Waals surface area (Å²) in [5, 5.41) is 12.5. The maximum absolute atomic E-state index is 13.5. The number of aliphatic hydroxyl groups excluding tert-OH is 1. The van der Waals surface area contributed by atoms with Gasteiger partial charge in [-0.25, -0.2) is 12.8 Å². The second-order valence-electron chi connectivity index (χ2n) is 6.03. The molecular formula is C19H21FN2O3S. The molecule has 0 atom stereocenters. The van der Waals surface area contributed by atoms with Crippen molar-refractivity contribution in [3.8, 4) is 0 Å². The van der Waals surface area contributed by atoms with Gasteiger partial charge in [0.15, 0.2) is 0 Å². The molecule has 0 fully saturated rings. The smallest absolute Gasteiger partial charge is 0.208 e. The molecule has 7 heteroatoms. The van der Waals surface area contributed by atoms with Crippen LogP contribution in [0.1, 0.15) is 12.0 Å². The van der Waals surface area contributed by atoms with Crippen LogP contribution in [0.25, 0.3) is 10.9 Å². The standard InChI is InChI=1S/C19H21FN2O3S/c20-15-6-2-7-16(12-15)26(24,25)18-13-22-17-8-1-4-14(19(17)18)5-3-9-21-10-11-23/h1-2,4,6-8,12-13,21-23H,3,5,9-11H2. The highest BCUT2D eigenvalue weighted by atomic mass is 32.2. The van der Waals surface area contributed by atoms with Crippen LogP contribution >= 0.6 is 0 Å². The number of hydrogen-bond donors (Lipinski definition) is 3. The third-order valence-corrected chi connectivity index (χ3v) is 6.02. The van der Waals surface area contributed by atoms with E-state index in [-0.39, 0.29) is 16.4 Å². The van der Waals surface area contributed by atoms with Gasteiger partial charge in [0.2, 0.25) is 9.84 Å². The lowest BCUT2D eigenvalue weighted by atomic mass is 10.1. The van der Waals surface area contributed by atoms with E-state index in [0.29, 0.717) is 18.4 Å². The van der Waals surface area contributed by atoms with E-state index in [0.717, 1.165) is 30.1 Å². The van der Waals surface area contributed by atoms with Gasteiger partial charge in [0, 0.05) is 23.6 Å². The summed E-state index contributed by atoms with van der Waals surface area (Å²) in [4.78, 5) is 3.11. The Morgan fingerprint density at radius 3 is 2.69 bits per heavy atom. The predicted octanol–water partition coefficient (Wildman–Crippen LogP) is 2.65. The molecule has 5 nitrogen and oxygen atoms in total. The van der Waals surface area contributed by atoms with Crippen LogP contribution in [-0.2, 0) is 16.3 Å². The minimum absolute atomic E-state index is 0.0576. The highest BCUT2D eigenvalue weighted by Gasteiger charge is 2.23. The first-order valence-corrected chi connectivity index (χ1v) is 9.93. The first-order chi connectivity index (χ1) is 12.5. The molecule has 0 spiro atoms. The van der Waals surface area contributed by atoms with E-state index in [9.17, 15) is 12.8 Å². The molecule has 1 aromatic heterocycles. The van der Waals surface area contributed by atoms with Crippen molar-refractivity contribution in [1.29, 1.82) is 0 Å². The van der Waals surface area contributed by atoms with Gasteiger partial charge in [-0.1, -0.05) is 18.2 Å². The summed E-state index contributed by atoms with van der Waals surface area (Å²) < 4.78 is 39.5. The summed E-state index contributed by atoms with van der Waals surface area (Å²) in [5.41, 5.74) is 1.66. The molecule has 3 aromatic rings. The Kier molecular flexibility index (Phi) is 5.70. The van der Waals surface area contributed by atoms with Crippen LogP contribution in [0.5, 0.6) is 0 Å². The van der Waals surface area contributed by atoms with Gasteiger partial charge in [-0.3, -0.25) is 0 Å². The Bertz CT molecular complexity index is 999. The Morgan fingerprint density at radius 2 is 1.92 bits per heavy atom. The van der Waals surface area contributed by atoms with Crippen LogP contribution in [0.3, 0.4) is 0 Å². The second-order valence-corrected chi connectivity index (χ2v) is 7.95. The normalized spacial score (nSPS) is 11.9. The molecule has 0 aliphatic carbocycles. The van der Waals surface area contributed by atoms with Gasteiger partial charge >= 0.3 is 0 Å². The number of nitrogens with one attached hydrogen (secondary N) is 2. The SMILES string of the molecule is O=S(=O)(c1cccc(F)c1)c1c[nH]c2cccc(CCCNCCO)c12. The summed E-state index contributed by atoms with van der Waals surface area (Å²) in [7, 11) is -3.83. The summed E-state index contributed by atoms with van der Waals surface area (Å²) in [6, 6.07) is 10.7. The molecule has 2 aromatic carbocycles. The van der Waals surface area contributed by atoms with Crippen molar-refractivity contribution in [1.82, 2.24) is 10.3 Å². The van der Waals surface area contributed by atoms with Crippen molar-refractivity contribution < 1.29 is 17.9 Å². The molecule has 0 amide bonds. The van der Waals surface area contributed by atoms with Gasteiger partial charge in [-0.05, 0) is 49.2 Å². The van der Waals surface area contributed by atoms with E-state index in [1.54, 1.807) is 0 Å². The highest BCUT2D eigenvalue weighted by molar-refractivity contribution is 7.91. The van der Waals surface area contributed by atoms with Crippen molar-refractivity contribution >= 4 is 20.7 Å². The second kappa shape index (κ2) is 7.99. The van der Waals surface area contributed by atoms with E-state index in [1.807, 2.05) is 18.2 Å². The molecule has 1 heterocycles. The van der Waals surface area contributed by atoms with E-state index < -0.39 is 15.7 Å². The number of rotatable bonds is 8. The maximum atomic E-state index is 13.5. The van der Waals surface area contributed by atoms with Crippen LogP contribution in [-0.4, -0.2) is 38.2 Å². The number of aliphatic hydroxyl groups is 1. The van der Waals surface area contributed by atoms with E-state index in [4.69, 9.17) is 5.11 Å². The van der Waals surface area contributed by atoms with Crippen LogP contribution < -0.4 is 5.32 Å². The number of H-pyrrole nitrogens is 1. The van der Waals surface area contributed by atoms with Gasteiger partial charge in [0.1, 0.15) is 5.82 Å². The average molecular weight is 376 g/mol. The lowest BCUT2D eigenvalue weighted by molar-refractivity contribution is 0.292. The van der Waals surface area contributed by atoms with Crippen molar-refractivity contribution in [2.45, 2.75) is 22.6 Å². The van der Waals surface area contributed by atoms with Crippen LogP contribution in [0.15, 0.2) is 58.5 Å². The topological polar surface area (TPSA) is 82.2 Å². The van der Waals surface area contributed by atoms with Gasteiger partial charge in [0.25, 0.3) is 0 Å². The number of sulfone groups is 1. The van der Waals surface area contributed by atoms with Crippen molar-refractivity contribution in [2.75, 3.05) is 19.7 Å². The fourth-order valence-electron chi connectivity index (χ4n) is 3.02. The zero-order valence-corrected chi connectivity index (χ0v) is 15.0. The molecule has 0 aliphatic heterocycles. The number of aromatic amines is 1. The van der Waals surface area contributed by atoms with Gasteiger partial charge in [-0.15, -0.1) is 0 Å².